The summed E-state index contributed by atoms with van der Waals surface area (Å²) in [5, 5.41) is 0. The number of methoxy groups -OCH3 is 1. The topological polar surface area (TPSA) is 74.4 Å². The molecule has 1 aromatic rings. The van der Waals surface area contributed by atoms with Crippen LogP contribution in [0.5, 0.6) is 5.88 Å². The fraction of sp³-hybridized carbons (Fsp3) is 0.143. The van der Waals surface area contributed by atoms with Gasteiger partial charge >= 0.3 is 6.16 Å². The van der Waals surface area contributed by atoms with Crippen molar-refractivity contribution in [3.05, 3.63) is 18.3 Å². The van der Waals surface area contributed by atoms with Crippen molar-refractivity contribution >= 4 is 11.8 Å². The predicted octanol–water partition coefficient (Wildman–Crippen LogP) is 0.809. The molecule has 0 unspecified atom stereocenters. The maximum absolute atomic E-state index is 10.6. The molecule has 0 aliphatic heterocycles. The van der Waals surface area contributed by atoms with Crippen LogP contribution in [0.4, 0.5) is 10.5 Å². The van der Waals surface area contributed by atoms with Crippen LogP contribution in [0.15, 0.2) is 18.3 Å². The minimum absolute atomic E-state index is 0.163. The summed E-state index contributed by atoms with van der Waals surface area (Å²) in [5.41, 5.74) is 5.86. The van der Waals surface area contributed by atoms with Crippen LogP contribution in [0.25, 0.3) is 0 Å². The number of carbonyl (C=O) groups is 1. The molecule has 0 radical (unpaired) electrons. The third kappa shape index (κ3) is 2.12. The molecule has 2 N–H and O–H groups in total. The minimum Gasteiger partial charge on any atom is -0.437 e. The lowest BCUT2D eigenvalue weighted by Crippen LogP contribution is -2.08. The number of ether oxygens (including phenoxy) is 2. The molecule has 5 nitrogen and oxygen atoms in total. The normalized spacial score (nSPS) is 9.08. The van der Waals surface area contributed by atoms with Crippen LogP contribution < -0.4 is 10.5 Å². The van der Waals surface area contributed by atoms with E-state index in [0.717, 1.165) is 0 Å². The Morgan fingerprint density at radius 2 is 2.33 bits per heavy atom. The van der Waals surface area contributed by atoms with Gasteiger partial charge in [-0.2, -0.15) is 0 Å². The molecule has 1 rings (SSSR count). The highest BCUT2D eigenvalue weighted by molar-refractivity contribution is 5.62. The Hall–Kier alpha value is -1.78. The lowest BCUT2D eigenvalue weighted by molar-refractivity contribution is 0.119. The summed E-state index contributed by atoms with van der Waals surface area (Å²) in [5.74, 6) is 0.163. The summed E-state index contributed by atoms with van der Waals surface area (Å²) in [7, 11) is 1.22. The number of pyridine rings is 1. The van der Waals surface area contributed by atoms with Crippen LogP contribution in [0.1, 0.15) is 0 Å². The van der Waals surface area contributed by atoms with E-state index in [1.807, 2.05) is 0 Å². The molecule has 0 aliphatic carbocycles. The molecule has 5 heteroatoms. The van der Waals surface area contributed by atoms with Crippen molar-refractivity contribution < 1.29 is 14.3 Å². The standard InChI is InChI=1S/C7H8N2O3/c1-11-7(10)12-6-3-2-5(8)4-9-6/h2-4H,8H2,1H3. The molecule has 0 saturated heterocycles. The lowest BCUT2D eigenvalue weighted by atomic mass is 10.4. The fourth-order valence-electron chi connectivity index (χ4n) is 0.579. The molecule has 0 spiro atoms. The number of carbonyl (C=O) groups excluding carboxylic acids is 1. The second-order valence-corrected chi connectivity index (χ2v) is 1.99. The van der Waals surface area contributed by atoms with Crippen molar-refractivity contribution in [3.8, 4) is 5.88 Å². The summed E-state index contributed by atoms with van der Waals surface area (Å²) < 4.78 is 8.84. The first-order chi connectivity index (χ1) is 5.72. The number of nitrogens with zero attached hydrogens (tertiary/aromatic N) is 1. The zero-order chi connectivity index (χ0) is 8.97. The molecule has 64 valence electrons. The van der Waals surface area contributed by atoms with Gasteiger partial charge in [0, 0.05) is 6.07 Å². The Balaban J connectivity index is 2.64. The Morgan fingerprint density at radius 1 is 1.58 bits per heavy atom. The Bertz CT molecular complexity index is 270. The maximum atomic E-state index is 10.6. The van der Waals surface area contributed by atoms with Gasteiger partial charge < -0.3 is 15.2 Å². The van der Waals surface area contributed by atoms with Crippen molar-refractivity contribution in [2.24, 2.45) is 0 Å². The average Bonchev–Trinajstić information content (AvgIpc) is 2.09. The quantitative estimate of drug-likeness (QED) is 0.628. The number of rotatable bonds is 1. The van der Waals surface area contributed by atoms with Gasteiger partial charge in [0.2, 0.25) is 5.88 Å². The molecule has 1 heterocycles. The van der Waals surface area contributed by atoms with E-state index in [9.17, 15) is 4.79 Å². The third-order valence-electron chi connectivity index (χ3n) is 1.11. The highest BCUT2D eigenvalue weighted by Crippen LogP contribution is 2.08. The Kier molecular flexibility index (Phi) is 2.47. The van der Waals surface area contributed by atoms with E-state index in [-0.39, 0.29) is 5.88 Å². The number of nitrogen functional groups attached to an aromatic ring is 1. The van der Waals surface area contributed by atoms with E-state index < -0.39 is 6.16 Å². The zero-order valence-corrected chi connectivity index (χ0v) is 6.48. The van der Waals surface area contributed by atoms with Gasteiger partial charge in [-0.15, -0.1) is 0 Å². The summed E-state index contributed by atoms with van der Waals surface area (Å²) in [4.78, 5) is 14.3. The number of nitrogens with two attached hydrogens (primary N) is 1. The van der Waals surface area contributed by atoms with Gasteiger partial charge in [-0.3, -0.25) is 0 Å². The number of hydrogen-bond donors (Lipinski definition) is 1. The van der Waals surface area contributed by atoms with E-state index in [2.05, 4.69) is 14.5 Å². The monoisotopic (exact) mass is 168 g/mol. The van der Waals surface area contributed by atoms with Crippen molar-refractivity contribution in [1.29, 1.82) is 0 Å². The van der Waals surface area contributed by atoms with Gasteiger partial charge in [0.15, 0.2) is 0 Å². The van der Waals surface area contributed by atoms with Crippen molar-refractivity contribution in [1.82, 2.24) is 4.98 Å². The number of aromatic nitrogens is 1. The van der Waals surface area contributed by atoms with Crippen molar-refractivity contribution in [2.45, 2.75) is 0 Å². The van der Waals surface area contributed by atoms with Gasteiger partial charge in [-0.05, 0) is 6.07 Å². The molecule has 12 heavy (non-hydrogen) atoms. The highest BCUT2D eigenvalue weighted by atomic mass is 16.7. The maximum Gasteiger partial charge on any atom is 0.514 e. The summed E-state index contributed by atoms with van der Waals surface area (Å²) in [6.07, 6.45) is 0.588. The zero-order valence-electron chi connectivity index (χ0n) is 6.48. The van der Waals surface area contributed by atoms with E-state index in [1.165, 1.54) is 19.4 Å². The van der Waals surface area contributed by atoms with Crippen molar-refractivity contribution in [3.63, 3.8) is 0 Å². The SMILES string of the molecule is COC(=O)Oc1ccc(N)cn1. The molecular formula is C7H8N2O3. The molecule has 0 amide bonds. The summed E-state index contributed by atoms with van der Waals surface area (Å²) >= 11 is 0. The Labute approximate surface area is 69.1 Å². The van der Waals surface area contributed by atoms with Gasteiger partial charge in [0.05, 0.1) is 19.0 Å². The molecule has 0 aliphatic rings. The van der Waals surface area contributed by atoms with E-state index in [4.69, 9.17) is 5.73 Å². The number of anilines is 1. The van der Waals surface area contributed by atoms with Crippen molar-refractivity contribution in [2.75, 3.05) is 12.8 Å². The first-order valence-electron chi connectivity index (χ1n) is 3.19. The predicted molar refractivity (Wildman–Crippen MR) is 41.7 cm³/mol. The van der Waals surface area contributed by atoms with Gasteiger partial charge in [-0.25, -0.2) is 9.78 Å². The molecule has 0 atom stereocenters. The van der Waals surface area contributed by atoms with E-state index >= 15 is 0 Å². The lowest BCUT2D eigenvalue weighted by Gasteiger charge is -2.00. The smallest absolute Gasteiger partial charge is 0.437 e. The largest absolute Gasteiger partial charge is 0.514 e. The first-order valence-corrected chi connectivity index (χ1v) is 3.19. The van der Waals surface area contributed by atoms with Crippen LogP contribution in [0.3, 0.4) is 0 Å². The van der Waals surface area contributed by atoms with Crippen LogP contribution in [0.2, 0.25) is 0 Å². The first kappa shape index (κ1) is 8.32. The van der Waals surface area contributed by atoms with Gasteiger partial charge in [0.1, 0.15) is 0 Å². The van der Waals surface area contributed by atoms with E-state index in [0.29, 0.717) is 5.69 Å². The second-order valence-electron chi connectivity index (χ2n) is 1.99. The fourth-order valence-corrected chi connectivity index (χ4v) is 0.579. The van der Waals surface area contributed by atoms with Crippen LogP contribution in [-0.4, -0.2) is 18.2 Å². The third-order valence-corrected chi connectivity index (χ3v) is 1.11. The Morgan fingerprint density at radius 3 is 2.83 bits per heavy atom. The molecule has 0 fully saturated rings. The van der Waals surface area contributed by atoms with Gasteiger partial charge in [0.25, 0.3) is 0 Å². The van der Waals surface area contributed by atoms with Crippen LogP contribution >= 0.6 is 0 Å². The molecule has 0 bridgehead atoms. The van der Waals surface area contributed by atoms with Crippen LogP contribution in [0, 0.1) is 0 Å². The summed E-state index contributed by atoms with van der Waals surface area (Å²) in [6, 6.07) is 3.05. The molecule has 0 saturated carbocycles. The number of hydrogen-bond acceptors (Lipinski definition) is 5. The van der Waals surface area contributed by atoms with Gasteiger partial charge in [-0.1, -0.05) is 0 Å². The minimum atomic E-state index is -0.799. The molecule has 0 aromatic carbocycles. The highest BCUT2D eigenvalue weighted by Gasteiger charge is 2.02. The van der Waals surface area contributed by atoms with E-state index in [1.54, 1.807) is 6.07 Å². The average molecular weight is 168 g/mol. The molecule has 1 aromatic heterocycles. The molecular weight excluding hydrogens is 160 g/mol. The second kappa shape index (κ2) is 3.56. The van der Waals surface area contributed by atoms with Crippen LogP contribution in [-0.2, 0) is 4.74 Å². The summed E-state index contributed by atoms with van der Waals surface area (Å²) in [6.45, 7) is 0.